The highest BCUT2D eigenvalue weighted by atomic mass is 15.1. The Morgan fingerprint density at radius 1 is 1.10 bits per heavy atom. The fourth-order valence-corrected chi connectivity index (χ4v) is 2.91. The van der Waals surface area contributed by atoms with Crippen molar-refractivity contribution in [2.75, 3.05) is 18.5 Å². The minimum absolute atomic E-state index is 0.978. The van der Waals surface area contributed by atoms with Gasteiger partial charge in [0.15, 0.2) is 0 Å². The average Bonchev–Trinajstić information content (AvgIpc) is 2.48. The molecule has 0 bridgehead atoms. The minimum atomic E-state index is 0.978. The fourth-order valence-electron chi connectivity index (χ4n) is 2.91. The van der Waals surface area contributed by atoms with Crippen LogP contribution in [0.15, 0.2) is 42.5 Å². The molecule has 3 rings (SSSR count). The predicted molar refractivity (Wildman–Crippen MR) is 85.1 cm³/mol. The van der Waals surface area contributed by atoms with Gasteiger partial charge in [0.2, 0.25) is 0 Å². The van der Waals surface area contributed by atoms with Crippen LogP contribution in [0.25, 0.3) is 0 Å². The van der Waals surface area contributed by atoms with E-state index in [1.54, 1.807) is 5.56 Å². The second kappa shape index (κ2) is 5.68. The topological polar surface area (TPSA) is 15.3 Å². The summed E-state index contributed by atoms with van der Waals surface area (Å²) >= 11 is 0. The number of rotatable bonds is 3. The van der Waals surface area contributed by atoms with E-state index < -0.39 is 0 Å². The molecule has 1 heterocycles. The number of fused-ring (bicyclic) bond motifs is 1. The zero-order chi connectivity index (χ0) is 13.9. The maximum absolute atomic E-state index is 3.45. The predicted octanol–water partition coefficient (Wildman–Crippen LogP) is 3.28. The van der Waals surface area contributed by atoms with Gasteiger partial charge in [-0.15, -0.1) is 0 Å². The van der Waals surface area contributed by atoms with Crippen molar-refractivity contribution in [3.05, 3.63) is 64.7 Å². The van der Waals surface area contributed by atoms with Crippen molar-refractivity contribution in [1.29, 1.82) is 0 Å². The molecule has 0 saturated carbocycles. The summed E-state index contributed by atoms with van der Waals surface area (Å²) in [7, 11) is 2.17. The van der Waals surface area contributed by atoms with Crippen LogP contribution in [0.5, 0.6) is 0 Å². The molecule has 0 radical (unpaired) electrons. The average molecular weight is 266 g/mol. The summed E-state index contributed by atoms with van der Waals surface area (Å²) in [5.41, 5.74) is 7.07. The molecule has 0 amide bonds. The van der Waals surface area contributed by atoms with Gasteiger partial charge in [-0.05, 0) is 48.7 Å². The maximum atomic E-state index is 3.45. The van der Waals surface area contributed by atoms with Crippen molar-refractivity contribution < 1.29 is 0 Å². The molecule has 2 nitrogen and oxygen atoms in total. The van der Waals surface area contributed by atoms with Crippen LogP contribution in [0.4, 0.5) is 5.69 Å². The van der Waals surface area contributed by atoms with E-state index in [0.717, 1.165) is 26.1 Å². The molecule has 104 valence electrons. The lowest BCUT2D eigenvalue weighted by molar-refractivity contribution is 0.637. The molecule has 1 N–H and O–H groups in total. The van der Waals surface area contributed by atoms with Crippen molar-refractivity contribution in [1.82, 2.24) is 5.32 Å². The van der Waals surface area contributed by atoms with Gasteiger partial charge in [-0.3, -0.25) is 0 Å². The number of nitrogens with one attached hydrogen (secondary N) is 1. The summed E-state index contributed by atoms with van der Waals surface area (Å²) in [6, 6.07) is 15.5. The third kappa shape index (κ3) is 2.70. The van der Waals surface area contributed by atoms with E-state index in [0.29, 0.717) is 0 Å². The lowest BCUT2D eigenvalue weighted by atomic mass is 9.95. The van der Waals surface area contributed by atoms with Crippen molar-refractivity contribution >= 4 is 5.69 Å². The van der Waals surface area contributed by atoms with Crippen LogP contribution in [0.2, 0.25) is 0 Å². The van der Waals surface area contributed by atoms with E-state index in [1.165, 1.54) is 22.4 Å². The number of hydrogen-bond acceptors (Lipinski definition) is 2. The van der Waals surface area contributed by atoms with Crippen LogP contribution in [-0.2, 0) is 19.5 Å². The number of anilines is 1. The first kappa shape index (κ1) is 13.2. The van der Waals surface area contributed by atoms with Gasteiger partial charge in [0, 0.05) is 25.8 Å². The van der Waals surface area contributed by atoms with Crippen LogP contribution in [0.1, 0.15) is 22.3 Å². The molecule has 1 aliphatic rings. The molecule has 1 aliphatic heterocycles. The Kier molecular flexibility index (Phi) is 3.75. The van der Waals surface area contributed by atoms with E-state index in [9.17, 15) is 0 Å². The van der Waals surface area contributed by atoms with Gasteiger partial charge in [0.1, 0.15) is 0 Å². The Morgan fingerprint density at radius 3 is 2.70 bits per heavy atom. The number of nitrogens with zero attached hydrogens (tertiary/aromatic N) is 1. The van der Waals surface area contributed by atoms with Crippen molar-refractivity contribution in [3.63, 3.8) is 0 Å². The van der Waals surface area contributed by atoms with Gasteiger partial charge >= 0.3 is 0 Å². The number of aryl methyl sites for hydroxylation is 1. The molecule has 0 saturated heterocycles. The van der Waals surface area contributed by atoms with Gasteiger partial charge < -0.3 is 10.2 Å². The van der Waals surface area contributed by atoms with Crippen LogP contribution >= 0.6 is 0 Å². The van der Waals surface area contributed by atoms with Gasteiger partial charge in [-0.25, -0.2) is 0 Å². The zero-order valence-corrected chi connectivity index (χ0v) is 12.3. The Bertz CT molecular complexity index is 587. The lowest BCUT2D eigenvalue weighted by Gasteiger charge is -2.25. The standard InChI is InChI=1S/C18H22N2/c1-14-6-8-17(9-7-14)20(2)13-16-5-3-4-15-12-19-11-10-18(15)16/h3-9,19H,10-13H2,1-2H3. The molecule has 0 unspecified atom stereocenters. The summed E-state index contributed by atoms with van der Waals surface area (Å²) < 4.78 is 0. The molecule has 2 aromatic rings. The summed E-state index contributed by atoms with van der Waals surface area (Å²) in [5, 5.41) is 3.45. The molecule has 20 heavy (non-hydrogen) atoms. The lowest BCUT2D eigenvalue weighted by Crippen LogP contribution is -2.26. The van der Waals surface area contributed by atoms with Gasteiger partial charge in [0.25, 0.3) is 0 Å². The molecule has 0 atom stereocenters. The third-order valence-electron chi connectivity index (χ3n) is 4.12. The summed E-state index contributed by atoms with van der Waals surface area (Å²) in [5.74, 6) is 0. The van der Waals surface area contributed by atoms with Gasteiger partial charge in [0.05, 0.1) is 0 Å². The molecule has 2 aromatic carbocycles. The second-order valence-electron chi connectivity index (χ2n) is 5.67. The van der Waals surface area contributed by atoms with Crippen molar-refractivity contribution in [2.45, 2.75) is 26.4 Å². The van der Waals surface area contributed by atoms with Gasteiger partial charge in [-0.1, -0.05) is 35.9 Å². The van der Waals surface area contributed by atoms with E-state index in [1.807, 2.05) is 0 Å². The van der Waals surface area contributed by atoms with E-state index in [-0.39, 0.29) is 0 Å². The van der Waals surface area contributed by atoms with Crippen LogP contribution in [-0.4, -0.2) is 13.6 Å². The van der Waals surface area contributed by atoms with E-state index in [4.69, 9.17) is 0 Å². The van der Waals surface area contributed by atoms with Crippen molar-refractivity contribution in [3.8, 4) is 0 Å². The Balaban J connectivity index is 1.82. The first-order valence-electron chi connectivity index (χ1n) is 7.32. The maximum Gasteiger partial charge on any atom is 0.0429 e. The highest BCUT2D eigenvalue weighted by molar-refractivity contribution is 5.48. The SMILES string of the molecule is Cc1ccc(N(C)Cc2cccc3c2CCNC3)cc1. The van der Waals surface area contributed by atoms with Crippen LogP contribution in [0.3, 0.4) is 0 Å². The normalized spacial score (nSPS) is 13.9. The highest BCUT2D eigenvalue weighted by Gasteiger charge is 2.13. The van der Waals surface area contributed by atoms with Crippen molar-refractivity contribution in [2.24, 2.45) is 0 Å². The quantitative estimate of drug-likeness (QED) is 0.917. The first-order valence-corrected chi connectivity index (χ1v) is 7.32. The number of benzene rings is 2. The third-order valence-corrected chi connectivity index (χ3v) is 4.12. The van der Waals surface area contributed by atoms with Crippen LogP contribution < -0.4 is 10.2 Å². The fraction of sp³-hybridized carbons (Fsp3) is 0.333. The largest absolute Gasteiger partial charge is 0.370 e. The summed E-state index contributed by atoms with van der Waals surface area (Å²) in [6.07, 6.45) is 1.15. The van der Waals surface area contributed by atoms with E-state index in [2.05, 4.69) is 66.7 Å². The van der Waals surface area contributed by atoms with E-state index >= 15 is 0 Å². The molecular formula is C18H22N2. The van der Waals surface area contributed by atoms with Crippen LogP contribution in [0, 0.1) is 6.92 Å². The summed E-state index contributed by atoms with van der Waals surface area (Å²) in [6.45, 7) is 5.21. The highest BCUT2D eigenvalue weighted by Crippen LogP contribution is 2.22. The minimum Gasteiger partial charge on any atom is -0.370 e. The number of hydrogen-bond donors (Lipinski definition) is 1. The molecule has 0 spiro atoms. The molecule has 0 fully saturated rings. The molecule has 0 aliphatic carbocycles. The summed E-state index contributed by atoms with van der Waals surface area (Å²) in [4.78, 5) is 2.33. The van der Waals surface area contributed by atoms with Gasteiger partial charge in [-0.2, -0.15) is 0 Å². The molecule has 0 aromatic heterocycles. The Morgan fingerprint density at radius 2 is 1.90 bits per heavy atom. The first-order chi connectivity index (χ1) is 9.74. The Labute approximate surface area is 121 Å². The zero-order valence-electron chi connectivity index (χ0n) is 12.3. The second-order valence-corrected chi connectivity index (χ2v) is 5.67. The smallest absolute Gasteiger partial charge is 0.0429 e. The molecular weight excluding hydrogens is 244 g/mol. The molecule has 2 heteroatoms. The monoisotopic (exact) mass is 266 g/mol. The Hall–Kier alpha value is -1.80.